The number of hydrogen-bond acceptors (Lipinski definition) is 3. The predicted octanol–water partition coefficient (Wildman–Crippen LogP) is 3.05. The maximum atomic E-state index is 13.6. The summed E-state index contributed by atoms with van der Waals surface area (Å²) >= 11 is 0. The van der Waals surface area contributed by atoms with E-state index in [-0.39, 0.29) is 17.2 Å². The molecule has 1 aromatic heterocycles. The maximum absolute atomic E-state index is 13.6. The van der Waals surface area contributed by atoms with E-state index in [2.05, 4.69) is 34.6 Å². The summed E-state index contributed by atoms with van der Waals surface area (Å²) in [7, 11) is 0. The summed E-state index contributed by atoms with van der Waals surface area (Å²) < 4.78 is 0. The number of likely N-dealkylation sites (tertiary alicyclic amines) is 1. The Morgan fingerprint density at radius 1 is 1.09 bits per heavy atom. The van der Waals surface area contributed by atoms with Gasteiger partial charge < -0.3 is 20.9 Å². The lowest BCUT2D eigenvalue weighted by atomic mass is 9.74. The van der Waals surface area contributed by atoms with Crippen LogP contribution in [-0.2, 0) is 27.8 Å². The van der Waals surface area contributed by atoms with Gasteiger partial charge in [0.2, 0.25) is 11.8 Å². The fourth-order valence-electron chi connectivity index (χ4n) is 5.68. The third-order valence-electron chi connectivity index (χ3n) is 7.62. The molecule has 2 atom stereocenters. The molecule has 2 aliphatic rings. The smallest absolute Gasteiger partial charge is 0.245 e. The Balaban J connectivity index is 1.34. The van der Waals surface area contributed by atoms with E-state index < -0.39 is 12.1 Å². The molecule has 1 saturated heterocycles. The number of carbonyl (C=O) groups excluding carboxylic acids is 2. The van der Waals surface area contributed by atoms with Gasteiger partial charge in [0.05, 0.1) is 6.04 Å². The van der Waals surface area contributed by atoms with Crippen LogP contribution in [0.2, 0.25) is 0 Å². The Labute approximate surface area is 194 Å². The number of piperidine rings is 1. The van der Waals surface area contributed by atoms with Crippen LogP contribution in [0.5, 0.6) is 0 Å². The minimum absolute atomic E-state index is 0.0181. The largest absolute Gasteiger partial charge is 0.361 e. The number of aromatic amines is 1. The molecule has 1 fully saturated rings. The molecule has 3 aromatic rings. The van der Waals surface area contributed by atoms with Gasteiger partial charge in [-0.05, 0) is 60.8 Å². The minimum atomic E-state index is -0.664. The minimum Gasteiger partial charge on any atom is -0.361 e. The second-order valence-electron chi connectivity index (χ2n) is 9.68. The fraction of sp³-hybridized carbons (Fsp3) is 0.407. The number of para-hydroxylation sites is 1. The van der Waals surface area contributed by atoms with Crippen molar-refractivity contribution in [2.75, 3.05) is 13.1 Å². The van der Waals surface area contributed by atoms with Crippen LogP contribution < -0.4 is 11.1 Å². The Bertz CT molecular complexity index is 1170. The first-order valence-electron chi connectivity index (χ1n) is 11.9. The predicted molar refractivity (Wildman–Crippen MR) is 130 cm³/mol. The van der Waals surface area contributed by atoms with E-state index in [4.69, 9.17) is 5.73 Å². The zero-order valence-electron chi connectivity index (χ0n) is 19.1. The molecule has 1 aliphatic heterocycles. The summed E-state index contributed by atoms with van der Waals surface area (Å²) in [6.07, 6.45) is 6.59. The molecule has 0 bridgehead atoms. The number of aromatic nitrogens is 1. The number of rotatable bonds is 5. The summed E-state index contributed by atoms with van der Waals surface area (Å²) in [5, 5.41) is 4.00. The molecule has 0 radical (unpaired) electrons. The van der Waals surface area contributed by atoms with Crippen molar-refractivity contribution in [3.05, 3.63) is 71.4 Å². The fourth-order valence-corrected chi connectivity index (χ4v) is 5.68. The molecule has 0 saturated carbocycles. The highest BCUT2D eigenvalue weighted by Gasteiger charge is 2.42. The van der Waals surface area contributed by atoms with Crippen molar-refractivity contribution in [1.82, 2.24) is 15.2 Å². The number of nitrogens with zero attached hydrogens (tertiary/aromatic N) is 1. The van der Waals surface area contributed by atoms with Crippen LogP contribution in [-0.4, -0.2) is 46.9 Å². The molecule has 2 heterocycles. The second-order valence-corrected chi connectivity index (χ2v) is 9.68. The van der Waals surface area contributed by atoms with Crippen molar-refractivity contribution in [2.24, 2.45) is 5.73 Å². The van der Waals surface area contributed by atoms with Crippen LogP contribution in [0.3, 0.4) is 0 Å². The average molecular weight is 445 g/mol. The van der Waals surface area contributed by atoms with Crippen LogP contribution in [0.4, 0.5) is 0 Å². The maximum Gasteiger partial charge on any atom is 0.245 e. The summed E-state index contributed by atoms with van der Waals surface area (Å²) in [5.74, 6) is -0.318. The van der Waals surface area contributed by atoms with Crippen LogP contribution in [0.1, 0.15) is 42.9 Å². The van der Waals surface area contributed by atoms with E-state index in [0.29, 0.717) is 19.5 Å². The van der Waals surface area contributed by atoms with Gasteiger partial charge >= 0.3 is 0 Å². The normalized spacial score (nSPS) is 18.8. The molecule has 0 unspecified atom stereocenters. The van der Waals surface area contributed by atoms with Gasteiger partial charge in [-0.25, -0.2) is 0 Å². The third-order valence-corrected chi connectivity index (χ3v) is 7.62. The first-order valence-corrected chi connectivity index (χ1v) is 11.9. The molecule has 4 N–H and O–H groups in total. The van der Waals surface area contributed by atoms with Crippen molar-refractivity contribution in [1.29, 1.82) is 0 Å². The lowest BCUT2D eigenvalue weighted by Crippen LogP contribution is -2.55. The quantitative estimate of drug-likeness (QED) is 0.565. The SMILES string of the molecule is C[C@H](N)C(=O)N[C@H](Cc1c[nH]c2ccccc12)C(=O)N1CCC2(CCc3ccccc32)CC1. The number of amides is 2. The standard InChI is InChI=1S/C27H32N4O2/c1-18(28)25(32)30-24(16-20-17-29-23-9-5-3-7-21(20)23)26(33)31-14-12-27(13-15-31)11-10-19-6-2-4-8-22(19)27/h2-9,17-18,24,29H,10-16,28H2,1H3,(H,30,32)/t18-,24+/m0/s1. The molecule has 33 heavy (non-hydrogen) atoms. The van der Waals surface area contributed by atoms with Gasteiger partial charge in [0, 0.05) is 36.6 Å². The molecular formula is C27H32N4O2. The molecular weight excluding hydrogens is 412 g/mol. The van der Waals surface area contributed by atoms with E-state index in [1.807, 2.05) is 35.4 Å². The number of benzene rings is 2. The molecule has 2 amide bonds. The second kappa shape index (κ2) is 8.67. The highest BCUT2D eigenvalue weighted by atomic mass is 16.2. The number of aryl methyl sites for hydroxylation is 1. The van der Waals surface area contributed by atoms with Crippen LogP contribution in [0.15, 0.2) is 54.7 Å². The molecule has 6 heteroatoms. The Morgan fingerprint density at radius 2 is 1.82 bits per heavy atom. The Morgan fingerprint density at radius 3 is 2.61 bits per heavy atom. The Hall–Kier alpha value is -3.12. The van der Waals surface area contributed by atoms with E-state index in [0.717, 1.165) is 42.1 Å². The summed E-state index contributed by atoms with van der Waals surface area (Å²) in [5.41, 5.74) is 11.0. The van der Waals surface area contributed by atoms with Gasteiger partial charge in [-0.1, -0.05) is 42.5 Å². The summed E-state index contributed by atoms with van der Waals surface area (Å²) in [6.45, 7) is 3.07. The Kier molecular flexibility index (Phi) is 5.71. The lowest BCUT2D eigenvalue weighted by molar-refractivity contribution is -0.138. The van der Waals surface area contributed by atoms with Crippen LogP contribution in [0.25, 0.3) is 10.9 Å². The monoisotopic (exact) mass is 444 g/mol. The average Bonchev–Trinajstić information content (AvgIpc) is 3.41. The van der Waals surface area contributed by atoms with Crippen molar-refractivity contribution in [3.8, 4) is 0 Å². The van der Waals surface area contributed by atoms with E-state index in [1.54, 1.807) is 6.92 Å². The highest BCUT2D eigenvalue weighted by Crippen LogP contribution is 2.46. The van der Waals surface area contributed by atoms with Crippen molar-refractivity contribution in [2.45, 2.75) is 56.5 Å². The molecule has 6 nitrogen and oxygen atoms in total. The van der Waals surface area contributed by atoms with Crippen molar-refractivity contribution >= 4 is 22.7 Å². The number of carbonyl (C=O) groups is 2. The van der Waals surface area contributed by atoms with E-state index in [9.17, 15) is 9.59 Å². The number of nitrogens with one attached hydrogen (secondary N) is 2. The summed E-state index contributed by atoms with van der Waals surface area (Å²) in [6, 6.07) is 15.5. The molecule has 1 spiro atoms. The lowest BCUT2D eigenvalue weighted by Gasteiger charge is -2.41. The zero-order chi connectivity index (χ0) is 23.0. The number of fused-ring (bicyclic) bond motifs is 3. The van der Waals surface area contributed by atoms with E-state index in [1.165, 1.54) is 11.1 Å². The van der Waals surface area contributed by atoms with Gasteiger partial charge in [0.25, 0.3) is 0 Å². The van der Waals surface area contributed by atoms with Crippen molar-refractivity contribution < 1.29 is 9.59 Å². The molecule has 1 aliphatic carbocycles. The van der Waals surface area contributed by atoms with Gasteiger partial charge in [0.15, 0.2) is 0 Å². The third kappa shape index (κ3) is 4.04. The van der Waals surface area contributed by atoms with Crippen LogP contribution >= 0.6 is 0 Å². The number of nitrogens with two attached hydrogens (primary N) is 1. The van der Waals surface area contributed by atoms with Gasteiger partial charge in [-0.3, -0.25) is 9.59 Å². The number of H-pyrrole nitrogens is 1. The zero-order valence-corrected chi connectivity index (χ0v) is 19.1. The van der Waals surface area contributed by atoms with Gasteiger partial charge in [-0.15, -0.1) is 0 Å². The highest BCUT2D eigenvalue weighted by molar-refractivity contribution is 5.91. The molecule has 2 aromatic carbocycles. The molecule has 5 rings (SSSR count). The topological polar surface area (TPSA) is 91.2 Å². The van der Waals surface area contributed by atoms with Gasteiger partial charge in [0.1, 0.15) is 6.04 Å². The van der Waals surface area contributed by atoms with Crippen LogP contribution in [0, 0.1) is 0 Å². The van der Waals surface area contributed by atoms with Gasteiger partial charge in [-0.2, -0.15) is 0 Å². The van der Waals surface area contributed by atoms with E-state index >= 15 is 0 Å². The first-order chi connectivity index (χ1) is 16.0. The first kappa shape index (κ1) is 21.7. The number of hydrogen-bond donors (Lipinski definition) is 3. The molecule has 172 valence electrons. The van der Waals surface area contributed by atoms with Crippen molar-refractivity contribution in [3.63, 3.8) is 0 Å². The summed E-state index contributed by atoms with van der Waals surface area (Å²) in [4.78, 5) is 31.3.